The molecule has 142 valence electrons. The number of carbonyl (C=O) groups is 1. The van der Waals surface area contributed by atoms with E-state index < -0.39 is 0 Å². The van der Waals surface area contributed by atoms with Crippen molar-refractivity contribution in [2.45, 2.75) is 6.61 Å². The Labute approximate surface area is 167 Å². The number of H-pyrrole nitrogens is 1. The van der Waals surface area contributed by atoms with Gasteiger partial charge in [-0.05, 0) is 48.5 Å². The maximum Gasteiger partial charge on any atom is 0.337 e. The van der Waals surface area contributed by atoms with Gasteiger partial charge in [0.15, 0.2) is 0 Å². The zero-order valence-electron chi connectivity index (χ0n) is 15.7. The first kappa shape index (κ1) is 18.3. The molecule has 0 radical (unpaired) electrons. The predicted octanol–water partition coefficient (Wildman–Crippen LogP) is 4.47. The molecule has 1 heterocycles. The van der Waals surface area contributed by atoms with Crippen molar-refractivity contribution in [3.63, 3.8) is 0 Å². The van der Waals surface area contributed by atoms with Crippen LogP contribution in [-0.2, 0) is 11.3 Å². The van der Waals surface area contributed by atoms with Crippen LogP contribution < -0.4 is 4.74 Å². The molecule has 29 heavy (non-hydrogen) atoms. The fourth-order valence-electron chi connectivity index (χ4n) is 3.02. The normalized spacial score (nSPS) is 10.5. The molecular formula is C23H17N3O3. The molecule has 0 bridgehead atoms. The molecule has 4 aromatic rings. The van der Waals surface area contributed by atoms with Crippen molar-refractivity contribution in [3.05, 3.63) is 83.4 Å². The molecule has 0 aliphatic rings. The molecule has 0 saturated carbocycles. The lowest BCUT2D eigenvalue weighted by molar-refractivity contribution is 0.0601. The highest BCUT2D eigenvalue weighted by Crippen LogP contribution is 2.24. The number of hydrogen-bond donors (Lipinski definition) is 1. The van der Waals surface area contributed by atoms with Gasteiger partial charge in [0.2, 0.25) is 0 Å². The second-order valence-electron chi connectivity index (χ2n) is 6.39. The van der Waals surface area contributed by atoms with Gasteiger partial charge in [-0.1, -0.05) is 18.2 Å². The number of hydrogen-bond acceptors (Lipinski definition) is 5. The zero-order chi connectivity index (χ0) is 20.2. The highest BCUT2D eigenvalue weighted by atomic mass is 16.5. The van der Waals surface area contributed by atoms with Crippen molar-refractivity contribution in [1.82, 2.24) is 9.97 Å². The lowest BCUT2D eigenvalue weighted by Crippen LogP contribution is -2.00. The summed E-state index contributed by atoms with van der Waals surface area (Å²) in [6, 6.07) is 22.3. The van der Waals surface area contributed by atoms with Gasteiger partial charge in [0, 0.05) is 11.1 Å². The minimum absolute atomic E-state index is 0.323. The molecule has 3 aromatic carbocycles. The highest BCUT2D eigenvalue weighted by Gasteiger charge is 2.10. The summed E-state index contributed by atoms with van der Waals surface area (Å²) in [7, 11) is 1.35. The average Bonchev–Trinajstić information content (AvgIpc) is 3.21. The van der Waals surface area contributed by atoms with Crippen LogP contribution >= 0.6 is 0 Å². The van der Waals surface area contributed by atoms with Crippen LogP contribution in [0.15, 0.2) is 66.7 Å². The van der Waals surface area contributed by atoms with Gasteiger partial charge in [-0.2, -0.15) is 5.26 Å². The summed E-state index contributed by atoms with van der Waals surface area (Å²) in [5.41, 5.74) is 4.34. The maximum absolute atomic E-state index is 11.7. The Kier molecular flexibility index (Phi) is 4.95. The number of nitrogens with zero attached hydrogens (tertiary/aromatic N) is 2. The number of benzene rings is 3. The van der Waals surface area contributed by atoms with Crippen LogP contribution in [0.4, 0.5) is 0 Å². The van der Waals surface area contributed by atoms with Gasteiger partial charge in [-0.3, -0.25) is 0 Å². The van der Waals surface area contributed by atoms with Crippen LogP contribution in [0.5, 0.6) is 5.75 Å². The smallest absolute Gasteiger partial charge is 0.337 e. The second kappa shape index (κ2) is 7.87. The Morgan fingerprint density at radius 2 is 1.90 bits per heavy atom. The number of esters is 1. The Bertz CT molecular complexity index is 1220. The number of fused-ring (bicyclic) bond motifs is 1. The van der Waals surface area contributed by atoms with Crippen LogP contribution in [0.25, 0.3) is 22.4 Å². The number of ether oxygens (including phenoxy) is 2. The van der Waals surface area contributed by atoms with Crippen molar-refractivity contribution >= 4 is 17.0 Å². The van der Waals surface area contributed by atoms with E-state index in [2.05, 4.69) is 16.0 Å². The number of aromatic nitrogens is 2. The van der Waals surface area contributed by atoms with E-state index >= 15 is 0 Å². The van der Waals surface area contributed by atoms with Gasteiger partial charge in [0.1, 0.15) is 18.2 Å². The molecule has 0 aliphatic carbocycles. The second-order valence-corrected chi connectivity index (χ2v) is 6.39. The largest absolute Gasteiger partial charge is 0.489 e. The van der Waals surface area contributed by atoms with Gasteiger partial charge >= 0.3 is 5.97 Å². The molecule has 6 heteroatoms. The van der Waals surface area contributed by atoms with Crippen LogP contribution in [0, 0.1) is 11.3 Å². The fourth-order valence-corrected chi connectivity index (χ4v) is 3.02. The van der Waals surface area contributed by atoms with Crippen LogP contribution in [-0.4, -0.2) is 23.0 Å². The Morgan fingerprint density at radius 3 is 2.66 bits per heavy atom. The summed E-state index contributed by atoms with van der Waals surface area (Å²) >= 11 is 0. The first-order chi connectivity index (χ1) is 14.2. The van der Waals surface area contributed by atoms with Crippen LogP contribution in [0.2, 0.25) is 0 Å². The summed E-state index contributed by atoms with van der Waals surface area (Å²) in [6.45, 7) is 0.323. The molecule has 1 aromatic heterocycles. The molecule has 0 fully saturated rings. The monoisotopic (exact) mass is 383 g/mol. The van der Waals surface area contributed by atoms with Gasteiger partial charge in [0.05, 0.1) is 35.3 Å². The summed E-state index contributed by atoms with van der Waals surface area (Å²) in [4.78, 5) is 19.5. The van der Waals surface area contributed by atoms with E-state index in [1.807, 2.05) is 42.5 Å². The van der Waals surface area contributed by atoms with E-state index in [0.29, 0.717) is 29.3 Å². The van der Waals surface area contributed by atoms with E-state index in [1.54, 1.807) is 24.3 Å². The highest BCUT2D eigenvalue weighted by molar-refractivity contribution is 5.94. The van der Waals surface area contributed by atoms with E-state index in [4.69, 9.17) is 14.7 Å². The minimum atomic E-state index is -0.387. The van der Waals surface area contributed by atoms with E-state index in [1.165, 1.54) is 7.11 Å². The molecule has 0 aliphatic heterocycles. The summed E-state index contributed by atoms with van der Waals surface area (Å²) in [6.07, 6.45) is 0. The minimum Gasteiger partial charge on any atom is -0.489 e. The third-order valence-electron chi connectivity index (χ3n) is 4.56. The first-order valence-corrected chi connectivity index (χ1v) is 8.97. The van der Waals surface area contributed by atoms with Gasteiger partial charge in [-0.15, -0.1) is 0 Å². The topological polar surface area (TPSA) is 88.0 Å². The zero-order valence-corrected chi connectivity index (χ0v) is 15.7. The average molecular weight is 383 g/mol. The maximum atomic E-state index is 11.7. The van der Waals surface area contributed by atoms with Crippen LogP contribution in [0.1, 0.15) is 21.5 Å². The van der Waals surface area contributed by atoms with Gasteiger partial charge < -0.3 is 14.5 Å². The van der Waals surface area contributed by atoms with E-state index in [-0.39, 0.29) is 5.97 Å². The molecule has 4 rings (SSSR count). The molecule has 1 N–H and O–H groups in total. The lowest BCUT2D eigenvalue weighted by Gasteiger charge is -2.08. The number of nitriles is 1. The molecule has 0 amide bonds. The van der Waals surface area contributed by atoms with Crippen molar-refractivity contribution in [1.29, 1.82) is 5.26 Å². The standard InChI is InChI=1S/C23H17N3O3/c1-28-23(27)16-8-11-20-21(12-16)26-22(25-20)15-6-9-19(10-7-15)29-14-18-5-3-2-4-17(18)13-24/h2-12H,14H2,1H3,(H,25,26). The Morgan fingerprint density at radius 1 is 1.10 bits per heavy atom. The van der Waals surface area contributed by atoms with Crippen molar-refractivity contribution in [2.24, 2.45) is 0 Å². The molecule has 0 saturated heterocycles. The molecule has 0 atom stereocenters. The third-order valence-corrected chi connectivity index (χ3v) is 4.56. The number of nitrogens with one attached hydrogen (secondary N) is 1. The number of imidazole rings is 1. The summed E-state index contributed by atoms with van der Waals surface area (Å²) in [5, 5.41) is 9.16. The van der Waals surface area contributed by atoms with Crippen LogP contribution in [0.3, 0.4) is 0 Å². The van der Waals surface area contributed by atoms with E-state index in [0.717, 1.165) is 22.2 Å². The number of carbonyl (C=O) groups excluding carboxylic acids is 1. The van der Waals surface area contributed by atoms with Crippen molar-refractivity contribution in [3.8, 4) is 23.2 Å². The first-order valence-electron chi connectivity index (χ1n) is 8.97. The van der Waals surface area contributed by atoms with Gasteiger partial charge in [0.25, 0.3) is 0 Å². The number of aromatic amines is 1. The summed E-state index contributed by atoms with van der Waals surface area (Å²) in [5.74, 6) is 1.01. The SMILES string of the molecule is COC(=O)c1ccc2nc(-c3ccc(OCc4ccccc4C#N)cc3)[nH]c2c1. The van der Waals surface area contributed by atoms with E-state index in [9.17, 15) is 4.79 Å². The predicted molar refractivity (Wildman–Crippen MR) is 108 cm³/mol. The Balaban J connectivity index is 1.51. The summed E-state index contributed by atoms with van der Waals surface area (Å²) < 4.78 is 10.6. The van der Waals surface area contributed by atoms with Gasteiger partial charge in [-0.25, -0.2) is 9.78 Å². The van der Waals surface area contributed by atoms with Crippen molar-refractivity contribution < 1.29 is 14.3 Å². The Hall–Kier alpha value is -4.11. The quantitative estimate of drug-likeness (QED) is 0.514. The number of methoxy groups -OCH3 is 1. The lowest BCUT2D eigenvalue weighted by atomic mass is 10.1. The number of rotatable bonds is 5. The van der Waals surface area contributed by atoms with Crippen molar-refractivity contribution in [2.75, 3.05) is 7.11 Å². The fraction of sp³-hybridized carbons (Fsp3) is 0.0870. The molecule has 0 spiro atoms. The molecular weight excluding hydrogens is 366 g/mol. The third kappa shape index (κ3) is 3.80. The molecule has 0 unspecified atom stereocenters. The molecule has 6 nitrogen and oxygen atoms in total.